The summed E-state index contributed by atoms with van der Waals surface area (Å²) in [6, 6.07) is 11.0. The lowest BCUT2D eigenvalue weighted by Gasteiger charge is -2.38. The molecule has 30 heavy (non-hydrogen) atoms. The number of halogens is 1. The van der Waals surface area contributed by atoms with Crippen molar-refractivity contribution >= 4 is 22.8 Å². The fourth-order valence-electron chi connectivity index (χ4n) is 4.20. The van der Waals surface area contributed by atoms with Gasteiger partial charge in [-0.2, -0.15) is 0 Å². The third-order valence-corrected chi connectivity index (χ3v) is 7.19. The highest BCUT2D eigenvalue weighted by molar-refractivity contribution is 7.91. The summed E-state index contributed by atoms with van der Waals surface area (Å²) in [5.74, 6) is 0.831. The van der Waals surface area contributed by atoms with Crippen LogP contribution in [0.2, 0.25) is 0 Å². The fourth-order valence-corrected chi connectivity index (χ4v) is 4.99. The summed E-state index contributed by atoms with van der Waals surface area (Å²) in [5, 5.41) is 0. The minimum atomic E-state index is -1.04. The van der Waals surface area contributed by atoms with E-state index in [9.17, 15) is 8.94 Å². The van der Waals surface area contributed by atoms with E-state index in [1.54, 1.807) is 24.5 Å². The molecule has 3 heterocycles. The van der Waals surface area contributed by atoms with Crippen LogP contribution in [0.3, 0.4) is 0 Å². The quantitative estimate of drug-likeness (QED) is 0.591. The molecule has 1 saturated heterocycles. The Hall–Kier alpha value is -2.48. The Morgan fingerprint density at radius 3 is 2.60 bits per heavy atom. The second-order valence-corrected chi connectivity index (χ2v) is 9.67. The van der Waals surface area contributed by atoms with Crippen LogP contribution in [0.1, 0.15) is 18.1 Å². The molecule has 2 aromatic carbocycles. The molecule has 0 bridgehead atoms. The number of anilines is 2. The largest absolute Gasteiger partial charge is 0.611 e. The molecule has 1 aromatic heterocycles. The zero-order chi connectivity index (χ0) is 20.9. The van der Waals surface area contributed by atoms with Crippen molar-refractivity contribution in [3.8, 4) is 11.1 Å². The topological polar surface area (TPSA) is 61.3 Å². The first-order valence-corrected chi connectivity index (χ1v) is 11.3. The molecular weight excluding hydrogens is 401 g/mol. The van der Waals surface area contributed by atoms with Crippen LogP contribution in [0, 0.1) is 12.7 Å². The van der Waals surface area contributed by atoms with Crippen molar-refractivity contribution in [2.24, 2.45) is 0 Å². The Morgan fingerprint density at radius 1 is 1.17 bits per heavy atom. The maximum absolute atomic E-state index is 14.3. The number of hydrogen-bond donors (Lipinski definition) is 0. The molecule has 5 rings (SSSR count). The first-order chi connectivity index (χ1) is 14.5. The number of ether oxygens (including phenoxy) is 1. The molecule has 0 aliphatic carbocycles. The smallest absolute Gasteiger partial charge is 0.229 e. The van der Waals surface area contributed by atoms with Crippen LogP contribution in [0.5, 0.6) is 0 Å². The molecule has 0 N–H and O–H groups in total. The first kappa shape index (κ1) is 19.5. The van der Waals surface area contributed by atoms with Crippen LogP contribution >= 0.6 is 0 Å². The lowest BCUT2D eigenvalue weighted by Crippen LogP contribution is -2.49. The van der Waals surface area contributed by atoms with Crippen molar-refractivity contribution in [3.63, 3.8) is 0 Å². The minimum Gasteiger partial charge on any atom is -0.611 e. The van der Waals surface area contributed by atoms with E-state index in [1.165, 1.54) is 11.6 Å². The van der Waals surface area contributed by atoms with Crippen molar-refractivity contribution in [3.05, 3.63) is 65.7 Å². The van der Waals surface area contributed by atoms with Gasteiger partial charge < -0.3 is 14.2 Å². The number of rotatable bonds is 4. The molecule has 1 unspecified atom stereocenters. The summed E-state index contributed by atoms with van der Waals surface area (Å²) in [7, 11) is 0. The van der Waals surface area contributed by atoms with Gasteiger partial charge in [0, 0.05) is 36.1 Å². The van der Waals surface area contributed by atoms with Gasteiger partial charge in [-0.3, -0.25) is 0 Å². The zero-order valence-electron chi connectivity index (χ0n) is 16.9. The van der Waals surface area contributed by atoms with Crippen LogP contribution in [-0.2, 0) is 21.3 Å². The minimum absolute atomic E-state index is 0.0771. The molecule has 7 heteroatoms. The van der Waals surface area contributed by atoms with E-state index in [0.717, 1.165) is 16.1 Å². The summed E-state index contributed by atoms with van der Waals surface area (Å²) in [4.78, 5) is 12.0. The van der Waals surface area contributed by atoms with Gasteiger partial charge in [-0.15, -0.1) is 0 Å². The summed E-state index contributed by atoms with van der Waals surface area (Å²) in [5.41, 5.74) is 4.20. The highest BCUT2D eigenvalue weighted by Gasteiger charge is 2.49. The average molecular weight is 424 g/mol. The van der Waals surface area contributed by atoms with E-state index < -0.39 is 11.2 Å². The maximum Gasteiger partial charge on any atom is 0.229 e. The molecule has 2 aliphatic rings. The number of fused-ring (bicyclic) bond motifs is 2. The van der Waals surface area contributed by atoms with E-state index in [1.807, 2.05) is 26.0 Å². The van der Waals surface area contributed by atoms with Gasteiger partial charge in [0.2, 0.25) is 5.95 Å². The second-order valence-electron chi connectivity index (χ2n) is 7.93. The molecule has 3 aromatic rings. The summed E-state index contributed by atoms with van der Waals surface area (Å²) >= 11 is -1.04. The van der Waals surface area contributed by atoms with Gasteiger partial charge in [0.1, 0.15) is 11.6 Å². The molecule has 0 saturated carbocycles. The lowest BCUT2D eigenvalue weighted by atomic mass is 9.81. The van der Waals surface area contributed by atoms with Gasteiger partial charge in [0.05, 0.1) is 24.3 Å². The van der Waals surface area contributed by atoms with Crippen LogP contribution in [0.15, 0.2) is 53.7 Å². The Morgan fingerprint density at radius 2 is 1.93 bits per heavy atom. The van der Waals surface area contributed by atoms with Crippen molar-refractivity contribution in [1.29, 1.82) is 0 Å². The SMILES string of the molecule is CC[S+]([O-])c1ccc2c(c1)N(c1ncc(-c3cc(C)ccc3F)cn1)CC21COC1. The third-order valence-electron chi connectivity index (χ3n) is 5.89. The van der Waals surface area contributed by atoms with Crippen LogP contribution in [-0.4, -0.2) is 40.0 Å². The van der Waals surface area contributed by atoms with E-state index in [0.29, 0.717) is 42.6 Å². The van der Waals surface area contributed by atoms with Crippen LogP contribution in [0.4, 0.5) is 16.0 Å². The molecule has 1 spiro atoms. The maximum atomic E-state index is 14.3. The molecule has 154 valence electrons. The number of benzene rings is 2. The van der Waals surface area contributed by atoms with E-state index >= 15 is 0 Å². The summed E-state index contributed by atoms with van der Waals surface area (Å²) in [6.45, 7) is 5.85. The van der Waals surface area contributed by atoms with Crippen molar-refractivity contribution in [1.82, 2.24) is 9.97 Å². The molecule has 1 fully saturated rings. The highest BCUT2D eigenvalue weighted by Crippen LogP contribution is 2.48. The number of aryl methyl sites for hydroxylation is 1. The molecule has 2 aliphatic heterocycles. The average Bonchev–Trinajstić information content (AvgIpc) is 3.10. The number of aromatic nitrogens is 2. The predicted octanol–water partition coefficient (Wildman–Crippen LogP) is 4.14. The lowest BCUT2D eigenvalue weighted by molar-refractivity contribution is -0.0507. The zero-order valence-corrected chi connectivity index (χ0v) is 17.7. The Bertz CT molecular complexity index is 1100. The summed E-state index contributed by atoms with van der Waals surface area (Å²) in [6.07, 6.45) is 3.33. The predicted molar refractivity (Wildman–Crippen MR) is 115 cm³/mol. The molecule has 5 nitrogen and oxygen atoms in total. The Kier molecular flexibility index (Phi) is 4.76. The molecule has 0 amide bonds. The molecular formula is C23H22FN3O2S. The van der Waals surface area contributed by atoms with Crippen molar-refractivity contribution in [2.75, 3.05) is 30.4 Å². The van der Waals surface area contributed by atoms with Crippen molar-refractivity contribution < 1.29 is 13.7 Å². The van der Waals surface area contributed by atoms with Gasteiger partial charge in [-0.1, -0.05) is 17.7 Å². The van der Waals surface area contributed by atoms with Crippen LogP contribution in [0.25, 0.3) is 11.1 Å². The van der Waals surface area contributed by atoms with E-state index in [4.69, 9.17) is 4.74 Å². The number of nitrogens with zero attached hydrogens (tertiary/aromatic N) is 3. The Labute approximate surface area is 178 Å². The van der Waals surface area contributed by atoms with E-state index in [2.05, 4.69) is 20.9 Å². The highest BCUT2D eigenvalue weighted by atomic mass is 32.2. The van der Waals surface area contributed by atoms with Gasteiger partial charge in [0.15, 0.2) is 4.90 Å². The normalized spacial score (nSPS) is 17.7. The van der Waals surface area contributed by atoms with Gasteiger partial charge in [0.25, 0.3) is 0 Å². The Balaban J connectivity index is 1.53. The van der Waals surface area contributed by atoms with Crippen molar-refractivity contribution in [2.45, 2.75) is 24.2 Å². The standard InChI is InChI=1S/C23H22FN3O2S/c1-3-30(28)17-5-6-19-21(9-17)27(12-23(19)13-29-14-23)22-25-10-16(11-26-22)18-8-15(2)4-7-20(18)24/h4-11H,3,12-14H2,1-2H3. The van der Waals surface area contributed by atoms with Gasteiger partial charge in [-0.05, 0) is 48.8 Å². The molecule has 1 atom stereocenters. The van der Waals surface area contributed by atoms with Gasteiger partial charge in [-0.25, -0.2) is 14.4 Å². The van der Waals surface area contributed by atoms with Crippen LogP contribution < -0.4 is 4.90 Å². The van der Waals surface area contributed by atoms with E-state index in [-0.39, 0.29) is 11.2 Å². The fraction of sp³-hybridized carbons (Fsp3) is 0.304. The van der Waals surface area contributed by atoms with Gasteiger partial charge >= 0.3 is 0 Å². The number of hydrogen-bond acceptors (Lipinski definition) is 5. The summed E-state index contributed by atoms with van der Waals surface area (Å²) < 4.78 is 32.1. The first-order valence-electron chi connectivity index (χ1n) is 9.97. The second kappa shape index (κ2) is 7.34. The third kappa shape index (κ3) is 3.09. The monoisotopic (exact) mass is 423 g/mol. The molecule has 0 radical (unpaired) electrons.